The Hall–Kier alpha value is -1.47. The Bertz CT molecular complexity index is 1250. The molecule has 1 aromatic rings. The first-order chi connectivity index (χ1) is 29.3. The van der Waals surface area contributed by atoms with E-state index in [0.29, 0.717) is 0 Å². The Balaban J connectivity index is 2.69. The fourth-order valence-electron chi connectivity index (χ4n) is 6.14. The number of ether oxygens (including phenoxy) is 3. The van der Waals surface area contributed by atoms with Crippen molar-refractivity contribution in [1.29, 1.82) is 0 Å². The summed E-state index contributed by atoms with van der Waals surface area (Å²) in [6.07, 6.45) is 29.2. The summed E-state index contributed by atoms with van der Waals surface area (Å²) < 4.78 is 35.7. The molecule has 0 saturated carbocycles. The third-order valence-electron chi connectivity index (χ3n) is 9.61. The predicted molar refractivity (Wildman–Crippen MR) is 263 cm³/mol. The molecule has 12 nitrogen and oxygen atoms in total. The molecule has 60 heavy (non-hydrogen) atoms. The van der Waals surface area contributed by atoms with Gasteiger partial charge in [-0.2, -0.15) is 0 Å². The molecule has 0 bridgehead atoms. The molecule has 0 atom stereocenters. The van der Waals surface area contributed by atoms with E-state index in [9.17, 15) is 14.4 Å². The number of hydrogen-bond acceptors (Lipinski definition) is 15. The third-order valence-corrected chi connectivity index (χ3v) is 12.7. The van der Waals surface area contributed by atoms with E-state index in [2.05, 4.69) is 20.8 Å². The maximum Gasteiger partial charge on any atom is 0.364 e. The fourth-order valence-corrected chi connectivity index (χ4v) is 8.48. The minimum atomic E-state index is -0.822. The highest BCUT2D eigenvalue weighted by atomic mass is 32.2. The molecule has 0 aliphatic carbocycles. The van der Waals surface area contributed by atoms with Crippen molar-refractivity contribution in [3.63, 3.8) is 0 Å². The predicted octanol–water partition coefficient (Wildman–Crippen LogP) is 11.5. The Morgan fingerprint density at radius 3 is 0.833 bits per heavy atom. The lowest BCUT2D eigenvalue weighted by Gasteiger charge is -2.15. The van der Waals surface area contributed by atoms with E-state index in [-0.39, 0.29) is 55.2 Å². The monoisotopic (exact) mass is 957 g/mol. The highest BCUT2D eigenvalue weighted by Gasteiger charge is 2.17. The zero-order chi connectivity index (χ0) is 43.9. The van der Waals surface area contributed by atoms with Gasteiger partial charge in [-0.05, 0) is 19.3 Å². The molecule has 0 unspecified atom stereocenters. The summed E-state index contributed by atoms with van der Waals surface area (Å²) >= 11 is 19.3. The van der Waals surface area contributed by atoms with E-state index in [1.807, 2.05) is 0 Å². The minimum Gasteiger partial charge on any atom is -0.454 e. The largest absolute Gasteiger partial charge is 0.454 e. The van der Waals surface area contributed by atoms with Gasteiger partial charge in [-0.25, -0.2) is 28.1 Å². The van der Waals surface area contributed by atoms with Gasteiger partial charge in [0.2, 0.25) is 0 Å². The zero-order valence-corrected chi connectivity index (χ0v) is 41.7. The van der Waals surface area contributed by atoms with Gasteiger partial charge in [0.1, 0.15) is 19.8 Å². The van der Waals surface area contributed by atoms with Crippen molar-refractivity contribution in [2.45, 2.75) is 195 Å². The number of nitrogens with zero attached hydrogens (tertiary/aromatic N) is 3. The lowest BCUT2D eigenvalue weighted by atomic mass is 10.1. The molecule has 0 aromatic carbocycles. The number of aromatic nitrogens is 3. The Morgan fingerprint density at radius 1 is 0.383 bits per heavy atom. The van der Waals surface area contributed by atoms with Gasteiger partial charge in [0.15, 0.2) is 0 Å². The summed E-state index contributed by atoms with van der Waals surface area (Å²) in [5.74, 6) is 2.32. The molecule has 0 saturated heterocycles. The molecule has 18 heteroatoms. The quantitative estimate of drug-likeness (QED) is 0.0353. The van der Waals surface area contributed by atoms with Crippen LogP contribution in [0.2, 0.25) is 0 Å². The molecular weight excluding hydrogens is 883 g/mol. The lowest BCUT2D eigenvalue weighted by Crippen LogP contribution is -2.55. The molecule has 0 N–H and O–H groups in total. The van der Waals surface area contributed by atoms with Gasteiger partial charge >= 0.3 is 32.8 Å². The summed E-state index contributed by atoms with van der Waals surface area (Å²) in [6, 6.07) is 0. The van der Waals surface area contributed by atoms with E-state index in [0.717, 1.165) is 69.5 Å². The van der Waals surface area contributed by atoms with E-state index in [1.165, 1.54) is 152 Å². The van der Waals surface area contributed by atoms with Gasteiger partial charge in [0, 0.05) is 53.9 Å². The van der Waals surface area contributed by atoms with Gasteiger partial charge in [0.05, 0.1) is 55.8 Å². The van der Waals surface area contributed by atoms with Crippen LogP contribution < -0.4 is 17.1 Å². The van der Waals surface area contributed by atoms with Crippen molar-refractivity contribution in [3.8, 4) is 0 Å². The summed E-state index contributed by atoms with van der Waals surface area (Å²) in [7, 11) is 0. The van der Waals surface area contributed by atoms with Gasteiger partial charge in [0.25, 0.3) is 0 Å². The van der Waals surface area contributed by atoms with Crippen molar-refractivity contribution in [2.24, 2.45) is 0 Å². The van der Waals surface area contributed by atoms with Gasteiger partial charge in [-0.1, -0.05) is 156 Å². The van der Waals surface area contributed by atoms with Crippen LogP contribution in [-0.4, -0.2) is 66.5 Å². The van der Waals surface area contributed by atoms with E-state index in [4.69, 9.17) is 63.4 Å². The number of rotatable bonds is 39. The molecule has 0 spiro atoms. The topological polar surface area (TPSA) is 121 Å². The summed E-state index contributed by atoms with van der Waals surface area (Å²) in [4.78, 5) is 40.5. The average molecular weight is 958 g/mol. The normalized spacial score (nSPS) is 11.1. The summed E-state index contributed by atoms with van der Waals surface area (Å²) in [5, 5.41) is -0.276. The van der Waals surface area contributed by atoms with Gasteiger partial charge in [-0.15, -0.1) is 0 Å². The minimum absolute atomic E-state index is 0.0920. The first-order valence-electron chi connectivity index (χ1n) is 22.6. The van der Waals surface area contributed by atoms with E-state index < -0.39 is 17.1 Å². The van der Waals surface area contributed by atoms with Crippen LogP contribution in [0.3, 0.4) is 0 Å². The maximum atomic E-state index is 13.5. The third kappa shape index (κ3) is 29.8. The van der Waals surface area contributed by atoms with Crippen molar-refractivity contribution in [1.82, 2.24) is 13.7 Å². The maximum absolute atomic E-state index is 13.5. The number of unbranched alkanes of at least 4 members (excludes halogenated alkanes) is 21. The van der Waals surface area contributed by atoms with Crippen LogP contribution >= 0.6 is 72.8 Å². The van der Waals surface area contributed by atoms with Crippen LogP contribution in [0.15, 0.2) is 14.4 Å². The SMILES string of the molecule is CCCCCCCCCCSOC(=S)OCCn1c(=O)n(CCOC(=S)OSCCCCCCCCCC)c(=O)n(CCOC(=S)OSCCCCCCCCCC)c1=O. The second-order valence-electron chi connectivity index (χ2n) is 14.7. The van der Waals surface area contributed by atoms with E-state index in [1.54, 1.807) is 0 Å². The van der Waals surface area contributed by atoms with Crippen LogP contribution in [0.25, 0.3) is 0 Å². The lowest BCUT2D eigenvalue weighted by molar-refractivity contribution is 0.218. The van der Waals surface area contributed by atoms with Crippen LogP contribution in [0.4, 0.5) is 0 Å². The smallest absolute Gasteiger partial charge is 0.364 e. The molecular formula is C42H75N3O9S6. The highest BCUT2D eigenvalue weighted by Crippen LogP contribution is 2.15. The Morgan fingerprint density at radius 2 is 0.600 bits per heavy atom. The van der Waals surface area contributed by atoms with Crippen molar-refractivity contribution in [2.75, 3.05) is 37.1 Å². The van der Waals surface area contributed by atoms with E-state index >= 15 is 0 Å². The van der Waals surface area contributed by atoms with Crippen LogP contribution in [-0.2, 0) is 46.4 Å². The average Bonchev–Trinajstić information content (AvgIpc) is 3.23. The second-order valence-corrected chi connectivity index (χ2v) is 18.2. The molecule has 0 amide bonds. The second kappa shape index (κ2) is 40.3. The Kier molecular flexibility index (Phi) is 38.0. The standard InChI is InChI=1S/C42H75N3O9S6/c1-4-7-10-13-16-19-22-25-34-58-52-40(55)49-31-28-43-37(46)44(29-32-50-41(56)53-59-35-26-23-20-17-14-11-8-5-2)39(48)45(38(43)47)30-33-51-42(57)54-60-36-27-24-21-18-15-12-9-6-3/h4-36H2,1-3H3. The Labute approximate surface area is 389 Å². The molecule has 0 fully saturated rings. The van der Waals surface area contributed by atoms with Gasteiger partial charge in [-0.3, -0.25) is 0 Å². The molecule has 1 heterocycles. The summed E-state index contributed by atoms with van der Waals surface area (Å²) in [5.41, 5.74) is -2.47. The first-order valence-corrected chi connectivity index (χ1v) is 26.5. The van der Waals surface area contributed by atoms with Gasteiger partial charge < -0.3 is 26.8 Å². The molecule has 0 aliphatic heterocycles. The molecule has 348 valence electrons. The highest BCUT2D eigenvalue weighted by molar-refractivity contribution is 7.96. The van der Waals surface area contributed by atoms with Crippen molar-refractivity contribution in [3.05, 3.63) is 31.5 Å². The molecule has 1 rings (SSSR count). The molecule has 1 aromatic heterocycles. The fraction of sp³-hybridized carbons (Fsp3) is 0.857. The number of hydrogen-bond donors (Lipinski definition) is 0. The van der Waals surface area contributed by atoms with Crippen LogP contribution in [0, 0.1) is 0 Å². The first kappa shape index (κ1) is 56.5. The number of thiocarbonyl (C=S) groups is 3. The van der Waals surface area contributed by atoms with Crippen LogP contribution in [0.1, 0.15) is 175 Å². The van der Waals surface area contributed by atoms with Crippen molar-refractivity contribution >= 4 is 88.5 Å². The summed E-state index contributed by atoms with van der Waals surface area (Å²) in [6.45, 7) is 5.74. The molecule has 0 aliphatic rings. The zero-order valence-electron chi connectivity index (χ0n) is 36.8. The molecule has 0 radical (unpaired) electrons. The van der Waals surface area contributed by atoms with Crippen molar-refractivity contribution < 1.29 is 26.8 Å². The van der Waals surface area contributed by atoms with Crippen LogP contribution in [0.5, 0.6) is 0 Å².